The van der Waals surface area contributed by atoms with E-state index in [0.717, 1.165) is 32.4 Å². The van der Waals surface area contributed by atoms with Gasteiger partial charge in [0.25, 0.3) is 0 Å². The van der Waals surface area contributed by atoms with E-state index in [2.05, 4.69) is 17.9 Å². The monoisotopic (exact) mass is 251 g/mol. The van der Waals surface area contributed by atoms with E-state index in [0.29, 0.717) is 12.1 Å². The molecule has 0 atom stereocenters. The lowest BCUT2D eigenvalue weighted by molar-refractivity contribution is 0.137. The van der Waals surface area contributed by atoms with Gasteiger partial charge in [-0.05, 0) is 65.5 Å². The van der Waals surface area contributed by atoms with Crippen molar-refractivity contribution >= 4 is 0 Å². The Morgan fingerprint density at radius 2 is 1.83 bits per heavy atom. The highest BCUT2D eigenvalue weighted by molar-refractivity contribution is 4.92. The van der Waals surface area contributed by atoms with Crippen LogP contribution >= 0.6 is 0 Å². The topological polar surface area (TPSA) is 53.0 Å². The van der Waals surface area contributed by atoms with Gasteiger partial charge >= 0.3 is 0 Å². The van der Waals surface area contributed by atoms with Gasteiger partial charge in [-0.15, -0.1) is 0 Å². The van der Waals surface area contributed by atoms with Crippen LogP contribution in [0.25, 0.3) is 0 Å². The zero-order valence-corrected chi connectivity index (χ0v) is 12.3. The minimum Gasteiger partial charge on any atom is -0.328 e. The smallest absolute Gasteiger partial charge is 0.0684 e. The van der Waals surface area contributed by atoms with Crippen LogP contribution in [0.15, 0.2) is 0 Å². The number of hydrogen-bond acceptors (Lipinski definition) is 3. The van der Waals surface area contributed by atoms with Crippen molar-refractivity contribution in [3.05, 3.63) is 0 Å². The highest BCUT2D eigenvalue weighted by Gasteiger charge is 2.25. The molecule has 0 saturated heterocycles. The predicted molar refractivity (Wildman–Crippen MR) is 76.1 cm³/mol. The largest absolute Gasteiger partial charge is 0.328 e. The third-order valence-corrected chi connectivity index (χ3v) is 4.10. The van der Waals surface area contributed by atoms with Crippen molar-refractivity contribution in [2.75, 3.05) is 13.1 Å². The highest BCUT2D eigenvalue weighted by Crippen LogP contribution is 2.25. The summed E-state index contributed by atoms with van der Waals surface area (Å²) in [5.74, 6) is 0. The third kappa shape index (κ3) is 4.96. The summed E-state index contributed by atoms with van der Waals surface area (Å²) < 4.78 is 0. The van der Waals surface area contributed by atoms with Gasteiger partial charge in [0.15, 0.2) is 0 Å². The molecule has 0 radical (unpaired) electrons. The van der Waals surface area contributed by atoms with Crippen LogP contribution in [-0.4, -0.2) is 30.1 Å². The van der Waals surface area contributed by atoms with E-state index in [1.165, 1.54) is 19.3 Å². The van der Waals surface area contributed by atoms with E-state index < -0.39 is 0 Å². The lowest BCUT2D eigenvalue weighted by atomic mass is 9.88. The molecule has 3 heteroatoms. The second-order valence-corrected chi connectivity index (χ2v) is 6.35. The van der Waals surface area contributed by atoms with Crippen LogP contribution < -0.4 is 5.73 Å². The van der Waals surface area contributed by atoms with Gasteiger partial charge in [0.1, 0.15) is 0 Å². The molecule has 2 N–H and O–H groups in total. The maximum absolute atomic E-state index is 9.10. The SMILES string of the molecule is CCCN(CCC(C)(C)C#N)C1CCC(N)CC1. The van der Waals surface area contributed by atoms with Gasteiger partial charge in [-0.25, -0.2) is 0 Å². The van der Waals surface area contributed by atoms with Crippen LogP contribution in [0.2, 0.25) is 0 Å². The van der Waals surface area contributed by atoms with Gasteiger partial charge in [0, 0.05) is 12.1 Å². The normalized spacial score (nSPS) is 25.1. The zero-order chi connectivity index (χ0) is 13.6. The second kappa shape index (κ2) is 7.11. The van der Waals surface area contributed by atoms with Crippen molar-refractivity contribution in [2.24, 2.45) is 11.1 Å². The van der Waals surface area contributed by atoms with E-state index in [9.17, 15) is 0 Å². The first-order valence-electron chi connectivity index (χ1n) is 7.39. The molecule has 104 valence electrons. The first-order valence-corrected chi connectivity index (χ1v) is 7.39. The fourth-order valence-electron chi connectivity index (χ4n) is 2.71. The summed E-state index contributed by atoms with van der Waals surface area (Å²) in [7, 11) is 0. The van der Waals surface area contributed by atoms with Crippen LogP contribution in [0.1, 0.15) is 59.3 Å². The molecule has 1 rings (SSSR count). The summed E-state index contributed by atoms with van der Waals surface area (Å²) in [6.45, 7) is 8.51. The number of nitrogens with zero attached hydrogens (tertiary/aromatic N) is 2. The summed E-state index contributed by atoms with van der Waals surface area (Å²) in [5, 5.41) is 9.10. The molecule has 0 spiro atoms. The maximum Gasteiger partial charge on any atom is 0.0684 e. The van der Waals surface area contributed by atoms with Crippen molar-refractivity contribution < 1.29 is 0 Å². The van der Waals surface area contributed by atoms with Crippen LogP contribution in [0.5, 0.6) is 0 Å². The van der Waals surface area contributed by atoms with Gasteiger partial charge in [-0.3, -0.25) is 0 Å². The van der Waals surface area contributed by atoms with Gasteiger partial charge in [-0.2, -0.15) is 5.26 Å². The van der Waals surface area contributed by atoms with Crippen molar-refractivity contribution in [3.63, 3.8) is 0 Å². The summed E-state index contributed by atoms with van der Waals surface area (Å²) >= 11 is 0. The molecule has 0 bridgehead atoms. The summed E-state index contributed by atoms with van der Waals surface area (Å²) in [4.78, 5) is 2.59. The molecular weight excluding hydrogens is 222 g/mol. The lowest BCUT2D eigenvalue weighted by Gasteiger charge is -2.37. The minimum absolute atomic E-state index is 0.197. The molecule has 18 heavy (non-hydrogen) atoms. The molecule has 0 aliphatic heterocycles. The van der Waals surface area contributed by atoms with Gasteiger partial charge in [0.05, 0.1) is 11.5 Å². The van der Waals surface area contributed by atoms with E-state index in [1.807, 2.05) is 13.8 Å². The van der Waals surface area contributed by atoms with Gasteiger partial charge < -0.3 is 10.6 Å². The minimum atomic E-state index is -0.197. The Hall–Kier alpha value is -0.590. The first-order chi connectivity index (χ1) is 8.48. The average molecular weight is 251 g/mol. The third-order valence-electron chi connectivity index (χ3n) is 4.10. The van der Waals surface area contributed by atoms with Crippen LogP contribution in [0, 0.1) is 16.7 Å². The fraction of sp³-hybridized carbons (Fsp3) is 0.933. The van der Waals surface area contributed by atoms with Crippen molar-refractivity contribution in [3.8, 4) is 6.07 Å². The Labute approximate surface area is 112 Å². The predicted octanol–water partition coefficient (Wildman–Crippen LogP) is 2.91. The van der Waals surface area contributed by atoms with E-state index in [4.69, 9.17) is 11.0 Å². The molecule has 0 aromatic rings. The molecule has 0 unspecified atom stereocenters. The zero-order valence-electron chi connectivity index (χ0n) is 12.3. The van der Waals surface area contributed by atoms with E-state index >= 15 is 0 Å². The van der Waals surface area contributed by atoms with E-state index in [-0.39, 0.29) is 5.41 Å². The standard InChI is InChI=1S/C15H29N3/c1-4-10-18(11-9-15(2,3)12-16)14-7-5-13(17)6-8-14/h13-14H,4-11,17H2,1-3H3. The Morgan fingerprint density at radius 3 is 2.33 bits per heavy atom. The molecule has 1 fully saturated rings. The second-order valence-electron chi connectivity index (χ2n) is 6.35. The molecule has 0 amide bonds. The Kier molecular flexibility index (Phi) is 6.11. The number of nitriles is 1. The Balaban J connectivity index is 2.47. The molecule has 1 aliphatic carbocycles. The molecule has 0 heterocycles. The van der Waals surface area contributed by atoms with Crippen LogP contribution in [0.4, 0.5) is 0 Å². The quantitative estimate of drug-likeness (QED) is 0.789. The molecular formula is C15H29N3. The fourth-order valence-corrected chi connectivity index (χ4v) is 2.71. The molecule has 0 aromatic carbocycles. The van der Waals surface area contributed by atoms with Crippen LogP contribution in [0.3, 0.4) is 0 Å². The average Bonchev–Trinajstić information content (AvgIpc) is 2.36. The molecule has 0 aromatic heterocycles. The summed E-state index contributed by atoms with van der Waals surface area (Å²) in [5.41, 5.74) is 5.78. The Bertz CT molecular complexity index is 272. The number of nitrogens with two attached hydrogens (primary N) is 1. The van der Waals surface area contributed by atoms with Crippen molar-refractivity contribution in [1.29, 1.82) is 5.26 Å². The van der Waals surface area contributed by atoms with Crippen molar-refractivity contribution in [2.45, 2.75) is 71.4 Å². The Morgan fingerprint density at radius 1 is 1.22 bits per heavy atom. The van der Waals surface area contributed by atoms with E-state index in [1.54, 1.807) is 0 Å². The molecule has 1 aliphatic rings. The van der Waals surface area contributed by atoms with Gasteiger partial charge in [0.2, 0.25) is 0 Å². The van der Waals surface area contributed by atoms with Crippen molar-refractivity contribution in [1.82, 2.24) is 4.90 Å². The maximum atomic E-state index is 9.10. The first kappa shape index (κ1) is 15.5. The van der Waals surface area contributed by atoms with Gasteiger partial charge in [-0.1, -0.05) is 6.92 Å². The lowest BCUT2D eigenvalue weighted by Crippen LogP contribution is -2.42. The van der Waals surface area contributed by atoms with Crippen LogP contribution in [-0.2, 0) is 0 Å². The number of rotatable bonds is 6. The molecule has 3 nitrogen and oxygen atoms in total. The highest BCUT2D eigenvalue weighted by atomic mass is 15.2. The number of hydrogen-bond donors (Lipinski definition) is 1. The summed E-state index contributed by atoms with van der Waals surface area (Å²) in [6.07, 6.45) is 6.93. The molecule has 1 saturated carbocycles. The summed E-state index contributed by atoms with van der Waals surface area (Å²) in [6, 6.07) is 3.51.